The molecule has 4 nitrogen and oxygen atoms in total. The Balaban J connectivity index is 2.94. The van der Waals surface area contributed by atoms with E-state index >= 15 is 0 Å². The van der Waals surface area contributed by atoms with Crippen LogP contribution in [-0.2, 0) is 4.79 Å². The molecule has 0 unspecified atom stereocenters. The number of hydrogen-bond acceptors (Lipinski definition) is 2. The van der Waals surface area contributed by atoms with Crippen molar-refractivity contribution in [1.82, 2.24) is 0 Å². The lowest BCUT2D eigenvalue weighted by molar-refractivity contribution is -0.104. The van der Waals surface area contributed by atoms with Crippen molar-refractivity contribution >= 4 is 18.0 Å². The molecule has 0 N–H and O–H groups in total. The van der Waals surface area contributed by atoms with E-state index in [1.54, 1.807) is 37.3 Å². The lowest BCUT2D eigenvalue weighted by atomic mass is 10.1. The van der Waals surface area contributed by atoms with Gasteiger partial charge >= 0.3 is 0 Å². The van der Waals surface area contributed by atoms with Gasteiger partial charge in [-0.25, -0.2) is 0 Å². The molecule has 0 spiro atoms. The summed E-state index contributed by atoms with van der Waals surface area (Å²) in [5, 5.41) is 3.44. The van der Waals surface area contributed by atoms with E-state index in [0.29, 0.717) is 11.3 Å². The Morgan fingerprint density at radius 3 is 2.57 bits per heavy atom. The summed E-state index contributed by atoms with van der Waals surface area (Å²) < 4.78 is 0. The van der Waals surface area contributed by atoms with Gasteiger partial charge in [0, 0.05) is 10.6 Å². The summed E-state index contributed by atoms with van der Waals surface area (Å²) >= 11 is 0. The van der Waals surface area contributed by atoms with Crippen LogP contribution >= 0.6 is 0 Å². The van der Waals surface area contributed by atoms with E-state index in [1.807, 2.05) is 0 Å². The van der Waals surface area contributed by atoms with Crippen molar-refractivity contribution in [1.29, 1.82) is 0 Å². The van der Waals surface area contributed by atoms with Gasteiger partial charge in [0.2, 0.25) is 0 Å². The second-order valence-corrected chi connectivity index (χ2v) is 2.79. The summed E-state index contributed by atoms with van der Waals surface area (Å²) in [6.07, 6.45) is 2.55. The van der Waals surface area contributed by atoms with E-state index in [-0.39, 0.29) is 0 Å². The summed E-state index contributed by atoms with van der Waals surface area (Å²) in [4.78, 5) is 13.0. The van der Waals surface area contributed by atoms with E-state index in [0.717, 1.165) is 11.8 Å². The molecular weight excluding hydrogens is 178 g/mol. The highest BCUT2D eigenvalue weighted by Gasteiger charge is 1.90. The Hall–Kier alpha value is -2.06. The number of aldehydes is 1. The Labute approximate surface area is 81.5 Å². The van der Waals surface area contributed by atoms with Crippen molar-refractivity contribution in [2.24, 2.45) is 5.11 Å². The average molecular weight is 187 g/mol. The van der Waals surface area contributed by atoms with Gasteiger partial charge in [0.15, 0.2) is 0 Å². The zero-order valence-electron chi connectivity index (χ0n) is 7.71. The third kappa shape index (κ3) is 2.77. The number of carbonyl (C=O) groups excluding carboxylic acids is 1. The van der Waals surface area contributed by atoms with Crippen LogP contribution in [0.3, 0.4) is 0 Å². The zero-order chi connectivity index (χ0) is 10.4. The Morgan fingerprint density at radius 2 is 2.07 bits per heavy atom. The molecule has 0 aromatic heterocycles. The Bertz CT molecular complexity index is 400. The number of rotatable bonds is 3. The molecular formula is C10H9N3O. The van der Waals surface area contributed by atoms with Gasteiger partial charge in [-0.05, 0) is 29.7 Å². The van der Waals surface area contributed by atoms with Crippen molar-refractivity contribution in [2.75, 3.05) is 0 Å². The van der Waals surface area contributed by atoms with E-state index in [2.05, 4.69) is 10.0 Å². The molecule has 1 aromatic rings. The second kappa shape index (κ2) is 4.84. The van der Waals surface area contributed by atoms with E-state index in [9.17, 15) is 4.79 Å². The van der Waals surface area contributed by atoms with Gasteiger partial charge in [0.25, 0.3) is 0 Å². The standard InChI is InChI=1S/C10H9N3O/c1-8(7-14)6-9-2-4-10(5-3-9)12-13-11/h2-7H,1H3. The monoisotopic (exact) mass is 187 g/mol. The molecule has 0 fully saturated rings. The molecule has 0 amide bonds. The summed E-state index contributed by atoms with van der Waals surface area (Å²) in [5.41, 5.74) is 10.3. The maximum absolute atomic E-state index is 10.3. The van der Waals surface area contributed by atoms with Gasteiger partial charge in [-0.1, -0.05) is 29.4 Å². The van der Waals surface area contributed by atoms with Gasteiger partial charge < -0.3 is 0 Å². The number of benzene rings is 1. The molecule has 0 saturated carbocycles. The molecule has 0 atom stereocenters. The van der Waals surface area contributed by atoms with Crippen LogP contribution in [0.5, 0.6) is 0 Å². The van der Waals surface area contributed by atoms with Gasteiger partial charge in [-0.15, -0.1) is 0 Å². The molecule has 0 saturated heterocycles. The minimum absolute atomic E-state index is 0.563. The fraction of sp³-hybridized carbons (Fsp3) is 0.100. The first-order valence-corrected chi connectivity index (χ1v) is 4.05. The summed E-state index contributed by atoms with van der Waals surface area (Å²) in [7, 11) is 0. The van der Waals surface area contributed by atoms with E-state index in [4.69, 9.17) is 5.53 Å². The third-order valence-corrected chi connectivity index (χ3v) is 1.63. The fourth-order valence-electron chi connectivity index (χ4n) is 0.986. The van der Waals surface area contributed by atoms with Crippen LogP contribution < -0.4 is 0 Å². The fourth-order valence-corrected chi connectivity index (χ4v) is 0.986. The number of carbonyl (C=O) groups is 1. The average Bonchev–Trinajstić information content (AvgIpc) is 2.21. The first kappa shape index (κ1) is 10.0. The van der Waals surface area contributed by atoms with Gasteiger partial charge in [0.05, 0.1) is 0 Å². The van der Waals surface area contributed by atoms with Crippen LogP contribution in [0.2, 0.25) is 0 Å². The molecule has 0 bridgehead atoms. The summed E-state index contributed by atoms with van der Waals surface area (Å²) in [6, 6.07) is 6.97. The largest absolute Gasteiger partial charge is 0.298 e. The third-order valence-electron chi connectivity index (χ3n) is 1.63. The SMILES string of the molecule is CC(C=O)=Cc1ccc(N=[N+]=[N-])cc1. The number of nitrogens with zero attached hydrogens (tertiary/aromatic N) is 3. The van der Waals surface area contributed by atoms with Crippen molar-refractivity contribution in [3.8, 4) is 0 Å². The summed E-state index contributed by atoms with van der Waals surface area (Å²) in [6.45, 7) is 1.73. The van der Waals surface area contributed by atoms with Crippen molar-refractivity contribution < 1.29 is 4.79 Å². The van der Waals surface area contributed by atoms with Crippen molar-refractivity contribution in [3.63, 3.8) is 0 Å². The number of allylic oxidation sites excluding steroid dienone is 1. The van der Waals surface area contributed by atoms with Crippen LogP contribution in [0.1, 0.15) is 12.5 Å². The predicted octanol–water partition coefficient (Wildman–Crippen LogP) is 3.23. The first-order chi connectivity index (χ1) is 6.76. The Morgan fingerprint density at radius 1 is 1.43 bits per heavy atom. The lowest BCUT2D eigenvalue weighted by Crippen LogP contribution is -1.76. The topological polar surface area (TPSA) is 65.8 Å². The van der Waals surface area contributed by atoms with Crippen molar-refractivity contribution in [2.45, 2.75) is 6.92 Å². The first-order valence-electron chi connectivity index (χ1n) is 4.05. The predicted molar refractivity (Wildman–Crippen MR) is 55.0 cm³/mol. The van der Waals surface area contributed by atoms with Crippen LogP contribution in [0, 0.1) is 0 Å². The smallest absolute Gasteiger partial charge is 0.145 e. The van der Waals surface area contributed by atoms with Gasteiger partial charge in [-0.3, -0.25) is 4.79 Å². The van der Waals surface area contributed by atoms with Crippen molar-refractivity contribution in [3.05, 3.63) is 45.8 Å². The molecule has 0 aliphatic heterocycles. The lowest BCUT2D eigenvalue weighted by Gasteiger charge is -1.94. The van der Waals surface area contributed by atoms with E-state index < -0.39 is 0 Å². The molecule has 1 aromatic carbocycles. The normalized spacial score (nSPS) is 10.5. The highest BCUT2D eigenvalue weighted by atomic mass is 16.1. The van der Waals surface area contributed by atoms with Gasteiger partial charge in [0.1, 0.15) is 6.29 Å². The maximum atomic E-state index is 10.3. The number of hydrogen-bond donors (Lipinski definition) is 0. The highest BCUT2D eigenvalue weighted by Crippen LogP contribution is 2.14. The zero-order valence-corrected chi connectivity index (χ0v) is 7.71. The molecule has 1 rings (SSSR count). The minimum Gasteiger partial charge on any atom is -0.298 e. The van der Waals surface area contributed by atoms with E-state index in [1.165, 1.54) is 0 Å². The molecule has 14 heavy (non-hydrogen) atoms. The molecule has 0 radical (unpaired) electrons. The minimum atomic E-state index is 0.563. The van der Waals surface area contributed by atoms with Gasteiger partial charge in [-0.2, -0.15) is 0 Å². The molecule has 0 aliphatic carbocycles. The number of azide groups is 1. The van der Waals surface area contributed by atoms with Crippen LogP contribution in [0.4, 0.5) is 5.69 Å². The second-order valence-electron chi connectivity index (χ2n) is 2.79. The Kier molecular flexibility index (Phi) is 3.47. The molecule has 70 valence electrons. The highest BCUT2D eigenvalue weighted by molar-refractivity contribution is 5.80. The molecule has 4 heteroatoms. The quantitative estimate of drug-likeness (QED) is 0.235. The van der Waals surface area contributed by atoms with Crippen LogP contribution in [0.15, 0.2) is 35.0 Å². The summed E-state index contributed by atoms with van der Waals surface area (Å²) in [5.74, 6) is 0. The molecule has 0 heterocycles. The molecule has 0 aliphatic rings. The van der Waals surface area contributed by atoms with Crippen LogP contribution in [0.25, 0.3) is 16.5 Å². The maximum Gasteiger partial charge on any atom is 0.145 e. The van der Waals surface area contributed by atoms with Crippen LogP contribution in [-0.4, -0.2) is 6.29 Å².